The van der Waals surface area contributed by atoms with Gasteiger partial charge in [0.15, 0.2) is 0 Å². The number of hydrogen-bond donors (Lipinski definition) is 0. The summed E-state index contributed by atoms with van der Waals surface area (Å²) in [5, 5.41) is 0. The van der Waals surface area contributed by atoms with Crippen LogP contribution in [0.25, 0.3) is 12.2 Å². The maximum absolute atomic E-state index is 11.3. The van der Waals surface area contributed by atoms with Gasteiger partial charge >= 0.3 is 0 Å². The minimum absolute atomic E-state index is 0.247. The highest BCUT2D eigenvalue weighted by Crippen LogP contribution is 2.12. The molecule has 21 heavy (non-hydrogen) atoms. The molecule has 0 radical (unpaired) electrons. The maximum atomic E-state index is 11.3. The van der Waals surface area contributed by atoms with Crippen LogP contribution in [-0.4, -0.2) is 31.0 Å². The van der Waals surface area contributed by atoms with Crippen LogP contribution in [0.1, 0.15) is 44.6 Å². The third-order valence-corrected chi connectivity index (χ3v) is 3.64. The summed E-state index contributed by atoms with van der Waals surface area (Å²) in [6, 6.07) is 3.63. The van der Waals surface area contributed by atoms with E-state index in [0.717, 1.165) is 5.56 Å². The standard InChI is InChI=1S/C12H16N2O2S.2C2H6/c1-5-10-7-8-11(13-12(10)6-2)9-14(3)17(4,15)16;2*1-2/h5-8H,1-2,9H2,3-4H3;2*1-2H3. The van der Waals surface area contributed by atoms with E-state index in [1.807, 2.05) is 33.8 Å². The molecule has 0 fully saturated rings. The number of hydrogen-bond acceptors (Lipinski definition) is 3. The topological polar surface area (TPSA) is 50.3 Å². The Morgan fingerprint density at radius 2 is 1.67 bits per heavy atom. The molecule has 0 aliphatic carbocycles. The van der Waals surface area contributed by atoms with Gasteiger partial charge in [0.1, 0.15) is 0 Å². The highest BCUT2D eigenvalue weighted by molar-refractivity contribution is 7.88. The molecule has 0 atom stereocenters. The van der Waals surface area contributed by atoms with Crippen LogP contribution >= 0.6 is 0 Å². The molecule has 0 aliphatic heterocycles. The van der Waals surface area contributed by atoms with Crippen molar-refractivity contribution in [3.8, 4) is 0 Å². The average molecular weight is 312 g/mol. The number of sulfonamides is 1. The molecule has 0 amide bonds. The lowest BCUT2D eigenvalue weighted by molar-refractivity contribution is 0.467. The van der Waals surface area contributed by atoms with E-state index in [0.29, 0.717) is 11.4 Å². The highest BCUT2D eigenvalue weighted by atomic mass is 32.2. The normalized spacial score (nSPS) is 9.86. The van der Waals surface area contributed by atoms with Crippen molar-refractivity contribution in [2.45, 2.75) is 34.2 Å². The molecule has 0 N–H and O–H groups in total. The Balaban J connectivity index is 0. The Labute approximate surface area is 130 Å². The second-order valence-corrected chi connectivity index (χ2v) is 5.79. The molecule has 1 rings (SSSR count). The first-order valence-corrected chi connectivity index (χ1v) is 8.89. The summed E-state index contributed by atoms with van der Waals surface area (Å²) in [5.74, 6) is 0. The lowest BCUT2D eigenvalue weighted by Gasteiger charge is -2.14. The molecule has 0 aliphatic rings. The molecule has 0 unspecified atom stereocenters. The monoisotopic (exact) mass is 312 g/mol. The predicted octanol–water partition coefficient (Wildman–Crippen LogP) is 3.81. The van der Waals surface area contributed by atoms with E-state index in [2.05, 4.69) is 18.1 Å². The summed E-state index contributed by atoms with van der Waals surface area (Å²) in [5.41, 5.74) is 2.27. The van der Waals surface area contributed by atoms with Crippen LogP contribution < -0.4 is 0 Å². The van der Waals surface area contributed by atoms with Gasteiger partial charge in [0.05, 0.1) is 24.2 Å². The molecular formula is C16H28N2O2S. The van der Waals surface area contributed by atoms with Crippen molar-refractivity contribution in [3.05, 3.63) is 42.2 Å². The zero-order valence-electron chi connectivity index (χ0n) is 14.0. The molecular weight excluding hydrogens is 284 g/mol. The van der Waals surface area contributed by atoms with Gasteiger partial charge < -0.3 is 0 Å². The number of rotatable bonds is 5. The van der Waals surface area contributed by atoms with E-state index >= 15 is 0 Å². The molecule has 1 aromatic heterocycles. The number of nitrogens with zero attached hydrogens (tertiary/aromatic N) is 2. The Morgan fingerprint density at radius 3 is 2.05 bits per heavy atom. The smallest absolute Gasteiger partial charge is 0.211 e. The molecule has 5 heteroatoms. The predicted molar refractivity (Wildman–Crippen MR) is 93.4 cm³/mol. The van der Waals surface area contributed by atoms with Crippen LogP contribution in [0.5, 0.6) is 0 Å². The summed E-state index contributed by atoms with van der Waals surface area (Å²) in [6.45, 7) is 15.6. The summed E-state index contributed by atoms with van der Waals surface area (Å²) in [6.07, 6.45) is 4.48. The van der Waals surface area contributed by atoms with Gasteiger partial charge in [0.2, 0.25) is 10.0 Å². The first kappa shape index (κ1) is 21.8. The lowest BCUT2D eigenvalue weighted by Crippen LogP contribution is -2.25. The Morgan fingerprint density at radius 1 is 1.14 bits per heavy atom. The van der Waals surface area contributed by atoms with Gasteiger partial charge in [-0.15, -0.1) is 0 Å². The average Bonchev–Trinajstić information content (AvgIpc) is 2.50. The van der Waals surface area contributed by atoms with Crippen molar-refractivity contribution in [3.63, 3.8) is 0 Å². The minimum atomic E-state index is -3.19. The minimum Gasteiger partial charge on any atom is -0.251 e. The van der Waals surface area contributed by atoms with Gasteiger partial charge in [-0.1, -0.05) is 53.0 Å². The van der Waals surface area contributed by atoms with Gasteiger partial charge in [-0.2, -0.15) is 4.31 Å². The Bertz CT molecular complexity index is 537. The summed E-state index contributed by atoms with van der Waals surface area (Å²) in [4.78, 5) is 4.32. The second kappa shape index (κ2) is 11.2. The highest BCUT2D eigenvalue weighted by Gasteiger charge is 2.12. The molecule has 120 valence electrons. The second-order valence-electron chi connectivity index (χ2n) is 3.70. The van der Waals surface area contributed by atoms with Gasteiger partial charge in [0, 0.05) is 7.05 Å². The summed E-state index contributed by atoms with van der Waals surface area (Å²) >= 11 is 0. The van der Waals surface area contributed by atoms with E-state index in [1.165, 1.54) is 17.6 Å². The van der Waals surface area contributed by atoms with E-state index in [4.69, 9.17) is 0 Å². The van der Waals surface area contributed by atoms with E-state index in [9.17, 15) is 8.42 Å². The zero-order chi connectivity index (χ0) is 17.1. The largest absolute Gasteiger partial charge is 0.251 e. The quantitative estimate of drug-likeness (QED) is 0.830. The van der Waals surface area contributed by atoms with Gasteiger partial charge in [-0.3, -0.25) is 4.98 Å². The van der Waals surface area contributed by atoms with Crippen molar-refractivity contribution in [2.24, 2.45) is 0 Å². The van der Waals surface area contributed by atoms with Crippen LogP contribution in [0, 0.1) is 0 Å². The first-order valence-electron chi connectivity index (χ1n) is 7.04. The fourth-order valence-electron chi connectivity index (χ4n) is 1.30. The summed E-state index contributed by atoms with van der Waals surface area (Å²) < 4.78 is 23.8. The Kier molecular flexibility index (Phi) is 11.7. The Hall–Kier alpha value is -1.46. The third-order valence-electron chi connectivity index (χ3n) is 2.38. The molecule has 0 spiro atoms. The fraction of sp³-hybridized carbons (Fsp3) is 0.438. The van der Waals surface area contributed by atoms with Crippen molar-refractivity contribution >= 4 is 22.2 Å². The van der Waals surface area contributed by atoms with Gasteiger partial charge in [0.25, 0.3) is 0 Å². The number of pyridine rings is 1. The van der Waals surface area contributed by atoms with Crippen molar-refractivity contribution in [1.29, 1.82) is 0 Å². The zero-order valence-corrected chi connectivity index (χ0v) is 14.9. The van der Waals surface area contributed by atoms with E-state index in [1.54, 1.807) is 18.2 Å². The number of aromatic nitrogens is 1. The molecule has 0 bridgehead atoms. The van der Waals surface area contributed by atoms with Gasteiger partial charge in [-0.25, -0.2) is 8.42 Å². The molecule has 4 nitrogen and oxygen atoms in total. The summed E-state index contributed by atoms with van der Waals surface area (Å²) in [7, 11) is -1.67. The molecule has 0 aromatic carbocycles. The fourth-order valence-corrected chi connectivity index (χ4v) is 1.66. The molecule has 0 saturated heterocycles. The molecule has 1 heterocycles. The van der Waals surface area contributed by atoms with Crippen molar-refractivity contribution in [1.82, 2.24) is 9.29 Å². The molecule has 0 saturated carbocycles. The SMILES string of the molecule is C=Cc1ccc(CN(C)S(C)(=O)=O)nc1C=C.CC.CC. The van der Waals surface area contributed by atoms with E-state index < -0.39 is 10.0 Å². The van der Waals surface area contributed by atoms with Crippen molar-refractivity contribution < 1.29 is 8.42 Å². The van der Waals surface area contributed by atoms with Crippen LogP contribution in [0.15, 0.2) is 25.3 Å². The lowest BCUT2D eigenvalue weighted by atomic mass is 10.1. The van der Waals surface area contributed by atoms with Crippen molar-refractivity contribution in [2.75, 3.05) is 13.3 Å². The maximum Gasteiger partial charge on any atom is 0.211 e. The van der Waals surface area contributed by atoms with E-state index in [-0.39, 0.29) is 6.54 Å². The van der Waals surface area contributed by atoms with Crippen LogP contribution in [0.3, 0.4) is 0 Å². The van der Waals surface area contributed by atoms with Crippen LogP contribution in [0.4, 0.5) is 0 Å². The van der Waals surface area contributed by atoms with Gasteiger partial charge in [-0.05, 0) is 17.7 Å². The van der Waals surface area contributed by atoms with Crippen LogP contribution in [-0.2, 0) is 16.6 Å². The third kappa shape index (κ3) is 7.78. The first-order chi connectivity index (χ1) is 9.88. The van der Waals surface area contributed by atoms with Crippen LogP contribution in [0.2, 0.25) is 0 Å². The molecule has 1 aromatic rings.